The quantitative estimate of drug-likeness (QED) is 0.451. The summed E-state index contributed by atoms with van der Waals surface area (Å²) in [5, 5.41) is 0.889. The highest BCUT2D eigenvalue weighted by molar-refractivity contribution is 6.45. The van der Waals surface area contributed by atoms with Crippen LogP contribution in [0.3, 0.4) is 0 Å². The molecule has 0 spiro atoms. The summed E-state index contributed by atoms with van der Waals surface area (Å²) in [6, 6.07) is 2.98. The molecule has 0 heterocycles. The van der Waals surface area contributed by atoms with Crippen molar-refractivity contribution in [1.29, 1.82) is 0 Å². The number of ketones is 1. The Morgan fingerprint density at radius 3 is 2.43 bits per heavy atom. The molecule has 0 unspecified atom stereocenters. The maximum Gasteiger partial charge on any atom is 0.165 e. The maximum atomic E-state index is 11.5. The van der Waals surface area contributed by atoms with Gasteiger partial charge < -0.3 is 0 Å². The fourth-order valence-corrected chi connectivity index (χ4v) is 1.86. The minimum Gasteiger partial charge on any atom is -0.294 e. The topological polar surface area (TPSA) is 17.1 Å². The Kier molecular flexibility index (Phi) is 4.52. The van der Waals surface area contributed by atoms with Gasteiger partial charge in [0.2, 0.25) is 0 Å². The minimum atomic E-state index is -0.158. The molecule has 14 heavy (non-hydrogen) atoms. The van der Waals surface area contributed by atoms with Crippen LogP contribution in [0.25, 0.3) is 0 Å². The van der Waals surface area contributed by atoms with Crippen molar-refractivity contribution in [2.45, 2.75) is 6.42 Å². The van der Waals surface area contributed by atoms with Crippen LogP contribution in [0.2, 0.25) is 15.1 Å². The molecule has 0 aliphatic carbocycles. The number of alkyl halides is 1. The van der Waals surface area contributed by atoms with E-state index in [0.717, 1.165) is 0 Å². The van der Waals surface area contributed by atoms with Crippen LogP contribution in [0.4, 0.5) is 0 Å². The van der Waals surface area contributed by atoms with Crippen LogP contribution in [0, 0.1) is 0 Å². The van der Waals surface area contributed by atoms with Crippen molar-refractivity contribution < 1.29 is 4.79 Å². The van der Waals surface area contributed by atoms with E-state index in [9.17, 15) is 4.79 Å². The van der Waals surface area contributed by atoms with E-state index in [1.807, 2.05) is 0 Å². The molecule has 76 valence electrons. The molecule has 1 rings (SSSR count). The van der Waals surface area contributed by atoms with E-state index in [2.05, 4.69) is 0 Å². The maximum absolute atomic E-state index is 11.5. The van der Waals surface area contributed by atoms with Crippen LogP contribution in [-0.2, 0) is 0 Å². The second-order valence-electron chi connectivity index (χ2n) is 2.61. The van der Waals surface area contributed by atoms with E-state index >= 15 is 0 Å². The fourth-order valence-electron chi connectivity index (χ4n) is 0.979. The lowest BCUT2D eigenvalue weighted by Gasteiger charge is -2.04. The molecule has 1 aromatic rings. The summed E-state index contributed by atoms with van der Waals surface area (Å²) >= 11 is 22.8. The van der Waals surface area contributed by atoms with Crippen LogP contribution in [0.5, 0.6) is 0 Å². The third kappa shape index (κ3) is 2.77. The second-order valence-corrected chi connectivity index (χ2v) is 4.21. The second kappa shape index (κ2) is 5.22. The summed E-state index contributed by atoms with van der Waals surface area (Å²) in [7, 11) is 0. The van der Waals surface area contributed by atoms with Crippen molar-refractivity contribution in [3.8, 4) is 0 Å². The van der Waals surface area contributed by atoms with Crippen molar-refractivity contribution >= 4 is 52.2 Å². The molecule has 0 fully saturated rings. The molecule has 0 aliphatic heterocycles. The van der Waals surface area contributed by atoms with Gasteiger partial charge in [-0.1, -0.05) is 34.8 Å². The Balaban J connectivity index is 3.13. The van der Waals surface area contributed by atoms with Crippen molar-refractivity contribution in [3.05, 3.63) is 32.8 Å². The zero-order valence-corrected chi connectivity index (χ0v) is 10.0. The van der Waals surface area contributed by atoms with Crippen LogP contribution in [0.1, 0.15) is 16.8 Å². The number of benzene rings is 1. The monoisotopic (exact) mass is 270 g/mol. The molecule has 5 heteroatoms. The Morgan fingerprint density at radius 2 is 1.86 bits per heavy atom. The normalized spacial score (nSPS) is 10.3. The van der Waals surface area contributed by atoms with Gasteiger partial charge in [-0.3, -0.25) is 4.79 Å². The number of Topliss-reactive ketones (excluding diaryl/α,β-unsaturated/α-hetero) is 1. The van der Waals surface area contributed by atoms with Gasteiger partial charge in [0.05, 0.1) is 10.0 Å². The van der Waals surface area contributed by atoms with Gasteiger partial charge in [-0.05, 0) is 12.1 Å². The Bertz CT molecular complexity index is 362. The summed E-state index contributed by atoms with van der Waals surface area (Å²) < 4.78 is 0. The van der Waals surface area contributed by atoms with Crippen LogP contribution < -0.4 is 0 Å². The number of rotatable bonds is 3. The average Bonchev–Trinajstić information content (AvgIpc) is 2.11. The van der Waals surface area contributed by atoms with Crippen LogP contribution >= 0.6 is 46.4 Å². The summed E-state index contributed by atoms with van der Waals surface area (Å²) in [5.74, 6) is 0.0913. The predicted molar refractivity (Wildman–Crippen MR) is 61.1 cm³/mol. The number of hydrogen-bond donors (Lipinski definition) is 0. The van der Waals surface area contributed by atoms with Crippen LogP contribution in [-0.4, -0.2) is 11.7 Å². The molecule has 0 aromatic heterocycles. The average molecular weight is 272 g/mol. The number of carbonyl (C=O) groups is 1. The first kappa shape index (κ1) is 12.1. The van der Waals surface area contributed by atoms with Gasteiger partial charge in [0.15, 0.2) is 5.78 Å². The number of carbonyl (C=O) groups excluding carboxylic acids is 1. The summed E-state index contributed by atoms with van der Waals surface area (Å²) in [4.78, 5) is 11.5. The van der Waals surface area contributed by atoms with Gasteiger partial charge in [0.25, 0.3) is 0 Å². The smallest absolute Gasteiger partial charge is 0.165 e. The first-order valence-electron chi connectivity index (χ1n) is 3.80. The molecule has 0 saturated heterocycles. The fraction of sp³-hybridized carbons (Fsp3) is 0.222. The molecule has 0 aliphatic rings. The molecule has 0 N–H and O–H groups in total. The number of hydrogen-bond acceptors (Lipinski definition) is 1. The van der Waals surface area contributed by atoms with Gasteiger partial charge >= 0.3 is 0 Å². The third-order valence-corrected chi connectivity index (χ3v) is 2.82. The standard InChI is InChI=1S/C9H6Cl4O/c10-2-1-8(14)6-3-5(11)4-7(12)9(6)13/h3-4H,1-2H2. The molecule has 0 atom stereocenters. The van der Waals surface area contributed by atoms with E-state index in [0.29, 0.717) is 10.6 Å². The van der Waals surface area contributed by atoms with E-state index < -0.39 is 0 Å². The van der Waals surface area contributed by atoms with Gasteiger partial charge in [-0.15, -0.1) is 11.6 Å². The van der Waals surface area contributed by atoms with E-state index in [1.54, 1.807) is 0 Å². The predicted octanol–water partition coefficient (Wildman–Crippen LogP) is 4.46. The molecular weight excluding hydrogens is 266 g/mol. The molecule has 1 nitrogen and oxygen atoms in total. The Hall–Kier alpha value is 0.0500. The molecule has 0 saturated carbocycles. The lowest BCUT2D eigenvalue weighted by Crippen LogP contribution is -2.01. The third-order valence-electron chi connectivity index (χ3n) is 1.61. The van der Waals surface area contributed by atoms with Gasteiger partial charge in [0.1, 0.15) is 0 Å². The highest BCUT2D eigenvalue weighted by Crippen LogP contribution is 2.30. The highest BCUT2D eigenvalue weighted by Gasteiger charge is 2.13. The minimum absolute atomic E-state index is 0.158. The van der Waals surface area contributed by atoms with Crippen molar-refractivity contribution in [2.75, 3.05) is 5.88 Å². The molecule has 0 amide bonds. The Labute approximate surface area is 102 Å². The largest absolute Gasteiger partial charge is 0.294 e. The zero-order chi connectivity index (χ0) is 10.7. The molecular formula is C9H6Cl4O. The van der Waals surface area contributed by atoms with E-state index in [1.165, 1.54) is 12.1 Å². The lowest BCUT2D eigenvalue weighted by molar-refractivity contribution is 0.0989. The molecule has 1 aromatic carbocycles. The zero-order valence-electron chi connectivity index (χ0n) is 6.99. The Morgan fingerprint density at radius 1 is 1.21 bits per heavy atom. The van der Waals surface area contributed by atoms with Gasteiger partial charge in [-0.2, -0.15) is 0 Å². The molecule has 0 bridgehead atoms. The van der Waals surface area contributed by atoms with Gasteiger partial charge in [0, 0.05) is 22.9 Å². The number of halogens is 4. The lowest BCUT2D eigenvalue weighted by atomic mass is 10.1. The van der Waals surface area contributed by atoms with Crippen molar-refractivity contribution in [3.63, 3.8) is 0 Å². The van der Waals surface area contributed by atoms with Crippen LogP contribution in [0.15, 0.2) is 12.1 Å². The summed E-state index contributed by atoms with van der Waals surface area (Å²) in [6.45, 7) is 0. The summed E-state index contributed by atoms with van der Waals surface area (Å²) in [6.07, 6.45) is 0.220. The van der Waals surface area contributed by atoms with Crippen molar-refractivity contribution in [1.82, 2.24) is 0 Å². The SMILES string of the molecule is O=C(CCCl)c1cc(Cl)cc(Cl)c1Cl. The van der Waals surface area contributed by atoms with Gasteiger partial charge in [-0.25, -0.2) is 0 Å². The molecule has 0 radical (unpaired) electrons. The first-order valence-corrected chi connectivity index (χ1v) is 5.47. The van der Waals surface area contributed by atoms with Crippen molar-refractivity contribution in [2.24, 2.45) is 0 Å². The first-order chi connectivity index (χ1) is 6.56. The highest BCUT2D eigenvalue weighted by atomic mass is 35.5. The van der Waals surface area contributed by atoms with E-state index in [-0.39, 0.29) is 28.1 Å². The summed E-state index contributed by atoms with van der Waals surface area (Å²) in [5.41, 5.74) is 0.324. The van der Waals surface area contributed by atoms with E-state index in [4.69, 9.17) is 46.4 Å².